The largest absolute Gasteiger partial charge is 0.380 e. The van der Waals surface area contributed by atoms with Gasteiger partial charge in [-0.1, -0.05) is 0 Å². The molecule has 1 fully saturated rings. The number of nitriles is 1. The Labute approximate surface area is 163 Å². The molecule has 10 heteroatoms. The van der Waals surface area contributed by atoms with Gasteiger partial charge in [0.25, 0.3) is 5.54 Å². The van der Waals surface area contributed by atoms with E-state index in [1.54, 1.807) is 19.9 Å². The van der Waals surface area contributed by atoms with Crippen molar-refractivity contribution in [1.82, 2.24) is 25.5 Å². The molecule has 3 N–H and O–H groups in total. The molecule has 10 nitrogen and oxygen atoms in total. The van der Waals surface area contributed by atoms with Crippen LogP contribution < -0.4 is 16.0 Å². The molecule has 0 saturated carbocycles. The van der Waals surface area contributed by atoms with Crippen LogP contribution in [-0.2, 0) is 10.3 Å². The number of hydrogen-bond donors (Lipinski definition) is 3. The zero-order chi connectivity index (χ0) is 20.0. The van der Waals surface area contributed by atoms with Gasteiger partial charge in [-0.15, -0.1) is 10.2 Å². The molecule has 0 amide bonds. The Morgan fingerprint density at radius 1 is 1.36 bits per heavy atom. The molecule has 3 heterocycles. The summed E-state index contributed by atoms with van der Waals surface area (Å²) >= 11 is 0. The first-order chi connectivity index (χ1) is 13.5. The molecular weight excluding hydrogens is 358 g/mol. The molecule has 0 aliphatic carbocycles. The van der Waals surface area contributed by atoms with Gasteiger partial charge in [-0.3, -0.25) is 0 Å². The Bertz CT molecular complexity index is 893. The summed E-state index contributed by atoms with van der Waals surface area (Å²) in [6.07, 6.45) is 2.86. The Hall–Kier alpha value is -3.34. The molecule has 28 heavy (non-hydrogen) atoms. The highest BCUT2D eigenvalue weighted by molar-refractivity contribution is 5.61. The standard InChI is InChI=1S/C18H21N9O/c1-18(2,20-3)17-14(23-10-13-9-21-4-5-28-13)6-15(26-27-17)25-16-11-22-12(7-19)8-24-16/h6,8,11,13,21H,4-5,9-10H2,1-2H3,(H2,23,24,25,26). The summed E-state index contributed by atoms with van der Waals surface area (Å²) in [7, 11) is 0. The summed E-state index contributed by atoms with van der Waals surface area (Å²) < 4.78 is 5.72. The van der Waals surface area contributed by atoms with Gasteiger partial charge in [-0.2, -0.15) is 5.26 Å². The summed E-state index contributed by atoms with van der Waals surface area (Å²) in [4.78, 5) is 11.8. The monoisotopic (exact) mass is 379 g/mol. The average Bonchev–Trinajstić information content (AvgIpc) is 2.73. The van der Waals surface area contributed by atoms with Crippen LogP contribution in [0.1, 0.15) is 25.2 Å². The Morgan fingerprint density at radius 3 is 2.86 bits per heavy atom. The summed E-state index contributed by atoms with van der Waals surface area (Å²) in [5.41, 5.74) is 0.666. The fourth-order valence-electron chi connectivity index (χ4n) is 2.65. The SMILES string of the molecule is [C-]#[N+]C(C)(C)c1nnc(Nc2cnc(C#N)cn2)cc1NCC1CNCCO1. The number of rotatable bonds is 6. The maximum absolute atomic E-state index is 8.81. The third-order valence-corrected chi connectivity index (χ3v) is 4.20. The van der Waals surface area contributed by atoms with Crippen LogP contribution in [0.2, 0.25) is 0 Å². The minimum Gasteiger partial charge on any atom is -0.380 e. The van der Waals surface area contributed by atoms with Crippen LogP contribution in [0.15, 0.2) is 18.5 Å². The summed E-state index contributed by atoms with van der Waals surface area (Å²) in [5, 5.41) is 26.9. The topological polar surface area (TPSA) is 125 Å². The fraction of sp³-hybridized carbons (Fsp3) is 0.444. The van der Waals surface area contributed by atoms with Crippen molar-refractivity contribution in [1.29, 1.82) is 5.26 Å². The molecule has 0 aromatic carbocycles. The normalized spacial score (nSPS) is 16.6. The van der Waals surface area contributed by atoms with Crippen LogP contribution in [-0.4, -0.2) is 52.5 Å². The van der Waals surface area contributed by atoms with E-state index in [1.165, 1.54) is 12.4 Å². The predicted octanol–water partition coefficient (Wildman–Crippen LogP) is 1.44. The molecular formula is C18H21N9O. The number of nitrogens with zero attached hydrogens (tertiary/aromatic N) is 6. The molecule has 144 valence electrons. The van der Waals surface area contributed by atoms with Gasteiger partial charge < -0.3 is 25.5 Å². The highest BCUT2D eigenvalue weighted by Crippen LogP contribution is 2.30. The van der Waals surface area contributed by atoms with Crippen LogP contribution in [0.3, 0.4) is 0 Å². The van der Waals surface area contributed by atoms with Crippen LogP contribution in [0.5, 0.6) is 0 Å². The number of nitrogens with one attached hydrogen (secondary N) is 3. The van der Waals surface area contributed by atoms with Gasteiger partial charge >= 0.3 is 0 Å². The van der Waals surface area contributed by atoms with E-state index < -0.39 is 5.54 Å². The van der Waals surface area contributed by atoms with Crippen molar-refractivity contribution >= 4 is 17.3 Å². The third-order valence-electron chi connectivity index (χ3n) is 4.20. The van der Waals surface area contributed by atoms with Gasteiger partial charge in [0.15, 0.2) is 17.2 Å². The molecule has 3 rings (SSSR count). The first-order valence-corrected chi connectivity index (χ1v) is 8.84. The minimum atomic E-state index is -0.826. The molecule has 1 aliphatic rings. The number of morpholine rings is 1. The molecule has 1 saturated heterocycles. The lowest BCUT2D eigenvalue weighted by atomic mass is 10.00. The first kappa shape index (κ1) is 19.4. The molecule has 1 aliphatic heterocycles. The second-order valence-corrected chi connectivity index (χ2v) is 6.76. The highest BCUT2D eigenvalue weighted by Gasteiger charge is 2.32. The highest BCUT2D eigenvalue weighted by atomic mass is 16.5. The summed E-state index contributed by atoms with van der Waals surface area (Å²) in [6.45, 7) is 13.9. The second kappa shape index (κ2) is 8.57. The molecule has 0 spiro atoms. The fourth-order valence-corrected chi connectivity index (χ4v) is 2.65. The van der Waals surface area contributed by atoms with Crippen molar-refractivity contribution in [3.05, 3.63) is 41.3 Å². The maximum atomic E-state index is 8.81. The van der Waals surface area contributed by atoms with Crippen molar-refractivity contribution in [2.45, 2.75) is 25.5 Å². The lowest BCUT2D eigenvalue weighted by Gasteiger charge is -2.25. The quantitative estimate of drug-likeness (QED) is 0.639. The van der Waals surface area contributed by atoms with Crippen LogP contribution >= 0.6 is 0 Å². The van der Waals surface area contributed by atoms with E-state index in [0.29, 0.717) is 36.2 Å². The molecule has 2 aromatic heterocycles. The Kier molecular flexibility index (Phi) is 5.94. The van der Waals surface area contributed by atoms with Crippen molar-refractivity contribution in [3.8, 4) is 6.07 Å². The second-order valence-electron chi connectivity index (χ2n) is 6.76. The predicted molar refractivity (Wildman–Crippen MR) is 103 cm³/mol. The molecule has 2 aromatic rings. The van der Waals surface area contributed by atoms with Crippen molar-refractivity contribution in [2.24, 2.45) is 0 Å². The Morgan fingerprint density at radius 2 is 2.21 bits per heavy atom. The number of ether oxygens (including phenoxy) is 1. The van der Waals surface area contributed by atoms with Crippen LogP contribution in [0.4, 0.5) is 17.3 Å². The van der Waals surface area contributed by atoms with Crippen molar-refractivity contribution in [2.75, 3.05) is 36.9 Å². The van der Waals surface area contributed by atoms with Crippen molar-refractivity contribution < 1.29 is 4.74 Å². The van der Waals surface area contributed by atoms with E-state index in [4.69, 9.17) is 16.6 Å². The zero-order valence-electron chi connectivity index (χ0n) is 15.7. The third kappa shape index (κ3) is 4.68. The van der Waals surface area contributed by atoms with Crippen molar-refractivity contribution in [3.63, 3.8) is 0 Å². The summed E-state index contributed by atoms with van der Waals surface area (Å²) in [6, 6.07) is 3.70. The molecule has 0 bridgehead atoms. The molecule has 0 radical (unpaired) electrons. The van der Waals surface area contributed by atoms with E-state index >= 15 is 0 Å². The zero-order valence-corrected chi connectivity index (χ0v) is 15.7. The number of hydrogen-bond acceptors (Lipinski definition) is 9. The maximum Gasteiger partial charge on any atom is 0.272 e. The van der Waals surface area contributed by atoms with Gasteiger partial charge in [0.2, 0.25) is 0 Å². The first-order valence-electron chi connectivity index (χ1n) is 8.84. The van der Waals surface area contributed by atoms with Crippen LogP contribution in [0.25, 0.3) is 4.85 Å². The van der Waals surface area contributed by atoms with E-state index in [1.807, 2.05) is 6.07 Å². The number of anilines is 3. The van der Waals surface area contributed by atoms with Gasteiger partial charge in [-0.05, 0) is 0 Å². The van der Waals surface area contributed by atoms with Gasteiger partial charge in [-0.25, -0.2) is 16.5 Å². The van der Waals surface area contributed by atoms with E-state index in [-0.39, 0.29) is 11.8 Å². The van der Waals surface area contributed by atoms with Crippen LogP contribution in [0, 0.1) is 17.9 Å². The Balaban J connectivity index is 1.81. The molecule has 1 unspecified atom stereocenters. The smallest absolute Gasteiger partial charge is 0.272 e. The van der Waals surface area contributed by atoms with E-state index in [0.717, 1.165) is 13.1 Å². The van der Waals surface area contributed by atoms with E-state index in [9.17, 15) is 0 Å². The average molecular weight is 379 g/mol. The number of aromatic nitrogens is 4. The van der Waals surface area contributed by atoms with Gasteiger partial charge in [0, 0.05) is 39.5 Å². The van der Waals surface area contributed by atoms with Gasteiger partial charge in [0.05, 0.1) is 30.8 Å². The lowest BCUT2D eigenvalue weighted by Crippen LogP contribution is -2.42. The van der Waals surface area contributed by atoms with E-state index in [2.05, 4.69) is 41.0 Å². The van der Waals surface area contributed by atoms with Gasteiger partial charge in [0.1, 0.15) is 11.9 Å². The minimum absolute atomic E-state index is 0.0339. The molecule has 1 atom stereocenters. The lowest BCUT2D eigenvalue weighted by molar-refractivity contribution is 0.0372. The summed E-state index contributed by atoms with van der Waals surface area (Å²) in [5.74, 6) is 0.893.